The third-order valence-electron chi connectivity index (χ3n) is 5.02. The van der Waals surface area contributed by atoms with Gasteiger partial charge >= 0.3 is 6.18 Å². The van der Waals surface area contributed by atoms with E-state index in [-0.39, 0.29) is 37.4 Å². The maximum Gasteiger partial charge on any atom is 0.417 e. The molecular weight excluding hydrogens is 460 g/mol. The maximum atomic E-state index is 13.0. The van der Waals surface area contributed by atoms with E-state index in [2.05, 4.69) is 5.32 Å². The highest BCUT2D eigenvalue weighted by molar-refractivity contribution is 7.88. The molecule has 1 amide bonds. The highest BCUT2D eigenvalue weighted by Crippen LogP contribution is 2.36. The molecule has 1 N–H and O–H groups in total. The SMILES string of the molecule is O=C(Nc1ccc(Cl)c(C(F)(F)F)c1)C1CCN(S(=O)(=O)Cc2ccc(F)cc2)CC1. The minimum atomic E-state index is -4.65. The van der Waals surface area contributed by atoms with Crippen molar-refractivity contribution in [2.45, 2.75) is 24.8 Å². The first-order valence-electron chi connectivity index (χ1n) is 9.35. The van der Waals surface area contributed by atoms with Crippen molar-refractivity contribution in [3.63, 3.8) is 0 Å². The van der Waals surface area contributed by atoms with E-state index in [1.807, 2.05) is 0 Å². The molecule has 0 aromatic heterocycles. The smallest absolute Gasteiger partial charge is 0.326 e. The molecule has 0 bridgehead atoms. The topological polar surface area (TPSA) is 66.5 Å². The van der Waals surface area contributed by atoms with Crippen LogP contribution in [0.15, 0.2) is 42.5 Å². The average molecular weight is 479 g/mol. The molecule has 5 nitrogen and oxygen atoms in total. The predicted molar refractivity (Wildman–Crippen MR) is 108 cm³/mol. The van der Waals surface area contributed by atoms with Crippen molar-refractivity contribution in [1.82, 2.24) is 4.31 Å². The van der Waals surface area contributed by atoms with Crippen LogP contribution in [0.3, 0.4) is 0 Å². The Hall–Kier alpha value is -2.17. The van der Waals surface area contributed by atoms with Crippen molar-refractivity contribution >= 4 is 33.2 Å². The second kappa shape index (κ2) is 9.13. The molecule has 2 aromatic rings. The molecule has 1 fully saturated rings. The Morgan fingerprint density at radius 3 is 2.29 bits per heavy atom. The molecule has 3 rings (SSSR count). The third kappa shape index (κ3) is 5.96. The number of benzene rings is 2. The molecule has 1 heterocycles. The van der Waals surface area contributed by atoms with Crippen molar-refractivity contribution in [2.24, 2.45) is 5.92 Å². The third-order valence-corrected chi connectivity index (χ3v) is 7.20. The summed E-state index contributed by atoms with van der Waals surface area (Å²) < 4.78 is 78.3. The summed E-state index contributed by atoms with van der Waals surface area (Å²) in [6, 6.07) is 8.26. The number of nitrogens with one attached hydrogen (secondary N) is 1. The van der Waals surface area contributed by atoms with Gasteiger partial charge in [0.1, 0.15) is 5.82 Å². The number of hydrogen-bond donors (Lipinski definition) is 1. The zero-order valence-electron chi connectivity index (χ0n) is 16.1. The average Bonchev–Trinajstić information content (AvgIpc) is 2.70. The first kappa shape index (κ1) is 23.5. The number of carbonyl (C=O) groups is 1. The highest BCUT2D eigenvalue weighted by atomic mass is 35.5. The zero-order chi connectivity index (χ0) is 22.8. The fraction of sp³-hybridized carbons (Fsp3) is 0.350. The fourth-order valence-corrected chi connectivity index (χ4v) is 5.13. The van der Waals surface area contributed by atoms with Gasteiger partial charge in [-0.05, 0) is 48.7 Å². The Bertz CT molecular complexity index is 1050. The monoisotopic (exact) mass is 478 g/mol. The minimum Gasteiger partial charge on any atom is -0.326 e. The van der Waals surface area contributed by atoms with Crippen molar-refractivity contribution in [3.05, 3.63) is 64.4 Å². The molecule has 1 aliphatic rings. The van der Waals surface area contributed by atoms with E-state index in [9.17, 15) is 30.8 Å². The van der Waals surface area contributed by atoms with Crippen molar-refractivity contribution in [3.8, 4) is 0 Å². The second-order valence-electron chi connectivity index (χ2n) is 7.24. The van der Waals surface area contributed by atoms with Crippen molar-refractivity contribution in [2.75, 3.05) is 18.4 Å². The van der Waals surface area contributed by atoms with Crippen LogP contribution in [-0.4, -0.2) is 31.7 Å². The summed E-state index contributed by atoms with van der Waals surface area (Å²) >= 11 is 5.58. The van der Waals surface area contributed by atoms with Gasteiger partial charge in [-0.1, -0.05) is 23.7 Å². The van der Waals surface area contributed by atoms with E-state index in [1.54, 1.807) is 0 Å². The van der Waals surface area contributed by atoms with Gasteiger partial charge in [0.25, 0.3) is 0 Å². The summed E-state index contributed by atoms with van der Waals surface area (Å²) in [4.78, 5) is 12.5. The second-order valence-corrected chi connectivity index (χ2v) is 9.61. The Kier molecular flexibility index (Phi) is 6.92. The number of halogens is 5. The normalized spacial score (nSPS) is 16.3. The number of sulfonamides is 1. The number of anilines is 1. The summed E-state index contributed by atoms with van der Waals surface area (Å²) in [6.07, 6.45) is -4.19. The van der Waals surface area contributed by atoms with E-state index in [4.69, 9.17) is 11.6 Å². The number of alkyl halides is 3. The van der Waals surface area contributed by atoms with Gasteiger partial charge in [-0.25, -0.2) is 17.1 Å². The molecule has 2 aromatic carbocycles. The van der Waals surface area contributed by atoms with E-state index in [0.717, 1.165) is 12.1 Å². The first-order chi connectivity index (χ1) is 14.5. The molecule has 0 unspecified atom stereocenters. The van der Waals surface area contributed by atoms with Crippen LogP contribution in [0.2, 0.25) is 5.02 Å². The number of rotatable bonds is 5. The number of amides is 1. The van der Waals surface area contributed by atoms with Crippen molar-refractivity contribution < 1.29 is 30.8 Å². The first-order valence-corrected chi connectivity index (χ1v) is 11.3. The van der Waals surface area contributed by atoms with Gasteiger partial charge in [0, 0.05) is 24.7 Å². The molecule has 1 aliphatic heterocycles. The molecule has 0 saturated carbocycles. The van der Waals surface area contributed by atoms with Gasteiger partial charge in [0.2, 0.25) is 15.9 Å². The zero-order valence-corrected chi connectivity index (χ0v) is 17.7. The molecule has 31 heavy (non-hydrogen) atoms. The lowest BCUT2D eigenvalue weighted by molar-refractivity contribution is -0.137. The molecule has 0 aliphatic carbocycles. The van der Waals surface area contributed by atoms with E-state index >= 15 is 0 Å². The lowest BCUT2D eigenvalue weighted by Crippen LogP contribution is -2.41. The standard InChI is InChI=1S/C20H19ClF4N2O3S/c21-18-6-5-16(11-17(18)20(23,24)25)26-19(28)14-7-9-27(10-8-14)31(29,30)12-13-1-3-15(22)4-2-13/h1-6,11,14H,7-10,12H2,(H,26,28). The van der Waals surface area contributed by atoms with Crippen LogP contribution in [0.4, 0.5) is 23.2 Å². The predicted octanol–water partition coefficient (Wildman–Crippen LogP) is 4.68. The van der Waals surface area contributed by atoms with Gasteiger partial charge in [0.05, 0.1) is 16.3 Å². The molecule has 0 atom stereocenters. The number of carbonyl (C=O) groups excluding carboxylic acids is 1. The van der Waals surface area contributed by atoms with Gasteiger partial charge < -0.3 is 5.32 Å². The van der Waals surface area contributed by atoms with Crippen LogP contribution in [0.1, 0.15) is 24.0 Å². The Morgan fingerprint density at radius 2 is 1.71 bits per heavy atom. The van der Waals surface area contributed by atoms with Crippen LogP contribution in [0.25, 0.3) is 0 Å². The van der Waals surface area contributed by atoms with Crippen LogP contribution < -0.4 is 5.32 Å². The summed E-state index contributed by atoms with van der Waals surface area (Å²) in [5.41, 5.74) is -0.633. The Balaban J connectivity index is 1.59. The highest BCUT2D eigenvalue weighted by Gasteiger charge is 2.34. The molecule has 0 radical (unpaired) electrons. The van der Waals surface area contributed by atoms with Crippen LogP contribution in [0, 0.1) is 11.7 Å². The molecule has 0 spiro atoms. The lowest BCUT2D eigenvalue weighted by atomic mass is 9.97. The largest absolute Gasteiger partial charge is 0.417 e. The summed E-state index contributed by atoms with van der Waals surface area (Å²) in [5.74, 6) is -1.76. The van der Waals surface area contributed by atoms with E-state index < -0.39 is 44.4 Å². The number of piperidine rings is 1. The van der Waals surface area contributed by atoms with Gasteiger partial charge in [-0.15, -0.1) is 0 Å². The minimum absolute atomic E-state index is 0.0342. The Labute approximate surface area is 182 Å². The van der Waals surface area contributed by atoms with Crippen molar-refractivity contribution in [1.29, 1.82) is 0 Å². The van der Waals surface area contributed by atoms with Gasteiger partial charge in [-0.3, -0.25) is 4.79 Å². The maximum absolute atomic E-state index is 13.0. The number of nitrogens with zero attached hydrogens (tertiary/aromatic N) is 1. The molecule has 11 heteroatoms. The van der Waals surface area contributed by atoms with E-state index in [0.29, 0.717) is 5.56 Å². The summed E-state index contributed by atoms with van der Waals surface area (Å²) in [7, 11) is -3.64. The Morgan fingerprint density at radius 1 is 1.10 bits per heavy atom. The van der Waals surface area contributed by atoms with Crippen LogP contribution >= 0.6 is 11.6 Å². The van der Waals surface area contributed by atoms with Gasteiger partial charge in [0.15, 0.2) is 0 Å². The fourth-order valence-electron chi connectivity index (χ4n) is 3.34. The molecule has 168 valence electrons. The van der Waals surface area contributed by atoms with Crippen LogP contribution in [-0.2, 0) is 26.7 Å². The molecule has 1 saturated heterocycles. The summed E-state index contributed by atoms with van der Waals surface area (Å²) in [5, 5.41) is 1.98. The van der Waals surface area contributed by atoms with Crippen LogP contribution in [0.5, 0.6) is 0 Å². The quantitative estimate of drug-likeness (QED) is 0.635. The van der Waals surface area contributed by atoms with Gasteiger partial charge in [-0.2, -0.15) is 13.2 Å². The lowest BCUT2D eigenvalue weighted by Gasteiger charge is -2.30. The number of hydrogen-bond acceptors (Lipinski definition) is 3. The summed E-state index contributed by atoms with van der Waals surface area (Å²) in [6.45, 7) is 0.214. The van der Waals surface area contributed by atoms with E-state index in [1.165, 1.54) is 34.6 Å². The molecular formula is C20H19ClF4N2O3S.